The van der Waals surface area contributed by atoms with Crippen LogP contribution in [-0.2, 0) is 4.79 Å². The van der Waals surface area contributed by atoms with E-state index in [-0.39, 0.29) is 0 Å². The number of nitrogens with zero attached hydrogens (tertiary/aromatic N) is 1. The number of aliphatic carboxylic acids is 1. The summed E-state index contributed by atoms with van der Waals surface area (Å²) in [6.07, 6.45) is 2.27. The third kappa shape index (κ3) is 4.64. The minimum absolute atomic E-state index is 0.305. The van der Waals surface area contributed by atoms with Crippen molar-refractivity contribution >= 4 is 11.7 Å². The second kappa shape index (κ2) is 7.25. The van der Waals surface area contributed by atoms with Crippen molar-refractivity contribution in [3.63, 3.8) is 0 Å². The molecule has 0 spiro atoms. The molecule has 0 amide bonds. The number of halogens is 2. The van der Waals surface area contributed by atoms with E-state index < -0.39 is 23.0 Å². The second-order valence-electron chi connectivity index (χ2n) is 6.75. The maximum atomic E-state index is 13.8. The van der Waals surface area contributed by atoms with Crippen LogP contribution in [0.15, 0.2) is 18.2 Å². The van der Waals surface area contributed by atoms with Crippen molar-refractivity contribution in [2.24, 2.45) is 5.41 Å². The summed E-state index contributed by atoms with van der Waals surface area (Å²) in [4.78, 5) is 13.0. The third-order valence-corrected chi connectivity index (χ3v) is 4.51. The standard InChI is InChI=1S/C17H24F2N2O2/c1-17(2,16(22)23)7-8-20-13-5-9-21(10-6-13)15-4-3-12(18)11-14(15)19/h3-4,11,13,20H,5-10H2,1-2H3,(H,22,23). The molecule has 2 rings (SSSR count). The molecule has 128 valence electrons. The van der Waals surface area contributed by atoms with E-state index in [1.807, 2.05) is 4.90 Å². The minimum atomic E-state index is -0.791. The maximum Gasteiger partial charge on any atom is 0.309 e. The van der Waals surface area contributed by atoms with Crippen LogP contribution in [-0.4, -0.2) is 36.8 Å². The van der Waals surface area contributed by atoms with Gasteiger partial charge in [-0.3, -0.25) is 4.79 Å². The molecule has 1 heterocycles. The number of rotatable bonds is 6. The molecule has 1 aliphatic rings. The van der Waals surface area contributed by atoms with Crippen LogP contribution < -0.4 is 10.2 Å². The van der Waals surface area contributed by atoms with Crippen LogP contribution in [0.5, 0.6) is 0 Å². The number of nitrogens with one attached hydrogen (secondary N) is 1. The van der Waals surface area contributed by atoms with Gasteiger partial charge in [-0.25, -0.2) is 8.78 Å². The topological polar surface area (TPSA) is 52.6 Å². The first-order valence-corrected chi connectivity index (χ1v) is 7.96. The largest absolute Gasteiger partial charge is 0.481 e. The van der Waals surface area contributed by atoms with E-state index in [1.165, 1.54) is 12.1 Å². The summed E-state index contributed by atoms with van der Waals surface area (Å²) in [5, 5.41) is 12.5. The van der Waals surface area contributed by atoms with E-state index in [1.54, 1.807) is 13.8 Å². The molecule has 0 unspecified atom stereocenters. The Morgan fingerprint density at radius 1 is 1.35 bits per heavy atom. The monoisotopic (exact) mass is 326 g/mol. The lowest BCUT2D eigenvalue weighted by atomic mass is 9.89. The van der Waals surface area contributed by atoms with E-state index in [4.69, 9.17) is 5.11 Å². The van der Waals surface area contributed by atoms with E-state index in [2.05, 4.69) is 5.32 Å². The Morgan fingerprint density at radius 2 is 2.00 bits per heavy atom. The number of hydrogen-bond acceptors (Lipinski definition) is 3. The van der Waals surface area contributed by atoms with Crippen LogP contribution in [0.1, 0.15) is 33.1 Å². The summed E-state index contributed by atoms with van der Waals surface area (Å²) < 4.78 is 26.7. The average Bonchev–Trinajstić information content (AvgIpc) is 2.48. The van der Waals surface area contributed by atoms with E-state index >= 15 is 0 Å². The number of carboxylic acids is 1. The van der Waals surface area contributed by atoms with Gasteiger partial charge in [0.05, 0.1) is 11.1 Å². The molecular formula is C17H24F2N2O2. The van der Waals surface area contributed by atoms with Gasteiger partial charge >= 0.3 is 5.97 Å². The second-order valence-corrected chi connectivity index (χ2v) is 6.75. The number of anilines is 1. The quantitative estimate of drug-likeness (QED) is 0.844. The Labute approximate surface area is 135 Å². The van der Waals surface area contributed by atoms with Gasteiger partial charge in [-0.2, -0.15) is 0 Å². The first-order chi connectivity index (χ1) is 10.8. The average molecular weight is 326 g/mol. The van der Waals surface area contributed by atoms with Crippen LogP contribution in [0, 0.1) is 17.0 Å². The van der Waals surface area contributed by atoms with Crippen molar-refractivity contribution in [2.45, 2.75) is 39.2 Å². The molecule has 1 saturated heterocycles. The molecule has 1 fully saturated rings. The first kappa shape index (κ1) is 17.7. The summed E-state index contributed by atoms with van der Waals surface area (Å²) >= 11 is 0. The molecule has 1 aromatic carbocycles. The molecule has 0 aromatic heterocycles. The molecule has 0 atom stereocenters. The fraction of sp³-hybridized carbons (Fsp3) is 0.588. The Balaban J connectivity index is 1.79. The zero-order valence-corrected chi connectivity index (χ0v) is 13.6. The fourth-order valence-electron chi connectivity index (χ4n) is 2.76. The maximum absolute atomic E-state index is 13.8. The molecule has 6 heteroatoms. The number of hydrogen-bond donors (Lipinski definition) is 2. The number of carboxylic acid groups (broad SMARTS) is 1. The van der Waals surface area contributed by atoms with Crippen LogP contribution in [0.3, 0.4) is 0 Å². The Morgan fingerprint density at radius 3 is 2.57 bits per heavy atom. The molecule has 23 heavy (non-hydrogen) atoms. The van der Waals surface area contributed by atoms with Crippen LogP contribution in [0.25, 0.3) is 0 Å². The molecule has 0 bridgehead atoms. The highest BCUT2D eigenvalue weighted by atomic mass is 19.1. The summed E-state index contributed by atoms with van der Waals surface area (Å²) in [5.74, 6) is -1.88. The summed E-state index contributed by atoms with van der Waals surface area (Å²) in [6.45, 7) is 5.48. The van der Waals surface area contributed by atoms with Gasteiger partial charge in [0.2, 0.25) is 0 Å². The van der Waals surface area contributed by atoms with Gasteiger partial charge in [-0.05, 0) is 51.8 Å². The number of carbonyl (C=O) groups is 1. The van der Waals surface area contributed by atoms with Crippen LogP contribution >= 0.6 is 0 Å². The van der Waals surface area contributed by atoms with Crippen molar-refractivity contribution < 1.29 is 18.7 Å². The highest BCUT2D eigenvalue weighted by Gasteiger charge is 2.27. The highest BCUT2D eigenvalue weighted by molar-refractivity contribution is 5.73. The molecule has 1 aromatic rings. The predicted octanol–water partition coefficient (Wildman–Crippen LogP) is 3.02. The lowest BCUT2D eigenvalue weighted by Crippen LogP contribution is -2.44. The van der Waals surface area contributed by atoms with Gasteiger partial charge in [0.1, 0.15) is 11.6 Å². The van der Waals surface area contributed by atoms with E-state index in [9.17, 15) is 13.6 Å². The van der Waals surface area contributed by atoms with Crippen molar-refractivity contribution in [1.29, 1.82) is 0 Å². The van der Waals surface area contributed by atoms with Gasteiger partial charge in [-0.1, -0.05) is 0 Å². The van der Waals surface area contributed by atoms with Crippen molar-refractivity contribution in [2.75, 3.05) is 24.5 Å². The van der Waals surface area contributed by atoms with E-state index in [0.29, 0.717) is 37.8 Å². The minimum Gasteiger partial charge on any atom is -0.481 e. The lowest BCUT2D eigenvalue weighted by Gasteiger charge is -2.34. The van der Waals surface area contributed by atoms with Gasteiger partial charge in [0, 0.05) is 25.2 Å². The fourth-order valence-corrected chi connectivity index (χ4v) is 2.76. The van der Waals surface area contributed by atoms with E-state index in [0.717, 1.165) is 18.9 Å². The van der Waals surface area contributed by atoms with Crippen LogP contribution in [0.2, 0.25) is 0 Å². The molecule has 0 aliphatic carbocycles. The summed E-state index contributed by atoms with van der Waals surface area (Å²) in [7, 11) is 0. The third-order valence-electron chi connectivity index (χ3n) is 4.51. The normalized spacial score (nSPS) is 16.6. The molecule has 4 nitrogen and oxygen atoms in total. The predicted molar refractivity (Wildman–Crippen MR) is 85.6 cm³/mol. The van der Waals surface area contributed by atoms with Crippen LogP contribution in [0.4, 0.5) is 14.5 Å². The Hall–Kier alpha value is -1.69. The molecule has 1 aliphatic heterocycles. The van der Waals surface area contributed by atoms with Crippen molar-refractivity contribution in [1.82, 2.24) is 5.32 Å². The van der Waals surface area contributed by atoms with Gasteiger partial charge in [0.25, 0.3) is 0 Å². The lowest BCUT2D eigenvalue weighted by molar-refractivity contribution is -0.147. The number of benzene rings is 1. The molecular weight excluding hydrogens is 302 g/mol. The molecule has 0 radical (unpaired) electrons. The first-order valence-electron chi connectivity index (χ1n) is 7.96. The Bertz CT molecular complexity index is 556. The highest BCUT2D eigenvalue weighted by Crippen LogP contribution is 2.24. The SMILES string of the molecule is CC(C)(CCNC1CCN(c2ccc(F)cc2F)CC1)C(=O)O. The Kier molecular flexibility index (Phi) is 5.57. The summed E-state index contributed by atoms with van der Waals surface area (Å²) in [5.41, 5.74) is -0.290. The zero-order valence-electron chi connectivity index (χ0n) is 13.6. The molecule has 2 N–H and O–H groups in total. The smallest absolute Gasteiger partial charge is 0.309 e. The van der Waals surface area contributed by atoms with Gasteiger partial charge < -0.3 is 15.3 Å². The summed E-state index contributed by atoms with van der Waals surface area (Å²) in [6, 6.07) is 3.97. The van der Waals surface area contributed by atoms with Crippen molar-refractivity contribution in [3.05, 3.63) is 29.8 Å². The molecule has 0 saturated carbocycles. The van der Waals surface area contributed by atoms with Gasteiger partial charge in [-0.15, -0.1) is 0 Å². The number of piperidine rings is 1. The zero-order chi connectivity index (χ0) is 17.0. The van der Waals surface area contributed by atoms with Gasteiger partial charge in [0.15, 0.2) is 0 Å². The van der Waals surface area contributed by atoms with Crippen molar-refractivity contribution in [3.8, 4) is 0 Å².